The monoisotopic (exact) mass is 341 g/mol. The Morgan fingerprint density at radius 3 is 2.79 bits per heavy atom. The first-order valence-electron chi connectivity index (χ1n) is 7.05. The van der Waals surface area contributed by atoms with Crippen LogP contribution >= 0.6 is 11.6 Å². The highest BCUT2D eigenvalue weighted by Crippen LogP contribution is 2.23. The Morgan fingerprint density at radius 2 is 2.08 bits per heavy atom. The lowest BCUT2D eigenvalue weighted by molar-refractivity contribution is -0.122. The largest absolute Gasteiger partial charge is 0.459 e. The first kappa shape index (κ1) is 15.8. The van der Waals surface area contributed by atoms with Crippen molar-refractivity contribution in [1.29, 1.82) is 5.26 Å². The minimum atomic E-state index is -0.256. The topological polar surface area (TPSA) is 96.7 Å². The number of nitrogens with zero attached hydrogens (tertiary/aromatic N) is 4. The number of aromatic nitrogens is 3. The molecule has 0 aliphatic rings. The van der Waals surface area contributed by atoms with Gasteiger partial charge in [0.2, 0.25) is 5.91 Å². The molecule has 7 nitrogen and oxygen atoms in total. The number of halogens is 1. The van der Waals surface area contributed by atoms with Crippen molar-refractivity contribution in [3.63, 3.8) is 0 Å². The van der Waals surface area contributed by atoms with E-state index in [0.717, 1.165) is 5.56 Å². The Hall–Kier alpha value is -3.11. The summed E-state index contributed by atoms with van der Waals surface area (Å²) in [5.41, 5.74) is 0.906. The predicted octanol–water partition coefficient (Wildman–Crippen LogP) is 2.38. The van der Waals surface area contributed by atoms with Gasteiger partial charge in [0.05, 0.1) is 6.54 Å². The molecule has 0 saturated heterocycles. The lowest BCUT2D eigenvalue weighted by Crippen LogP contribution is -2.27. The van der Waals surface area contributed by atoms with Crippen LogP contribution in [0.4, 0.5) is 0 Å². The molecular formula is C16H12ClN5O2. The maximum Gasteiger partial charge on any atom is 0.252 e. The van der Waals surface area contributed by atoms with E-state index in [2.05, 4.69) is 15.4 Å². The number of rotatable bonds is 5. The van der Waals surface area contributed by atoms with Gasteiger partial charge in [-0.15, -0.1) is 5.10 Å². The molecule has 1 aromatic carbocycles. The Morgan fingerprint density at radius 1 is 1.29 bits per heavy atom. The summed E-state index contributed by atoms with van der Waals surface area (Å²) < 4.78 is 7.00. The molecule has 3 rings (SSSR count). The quantitative estimate of drug-likeness (QED) is 0.768. The number of benzene rings is 1. The Labute approximate surface area is 142 Å². The smallest absolute Gasteiger partial charge is 0.252 e. The zero-order valence-corrected chi connectivity index (χ0v) is 13.2. The molecule has 0 aliphatic heterocycles. The lowest BCUT2D eigenvalue weighted by Gasteiger charge is -2.03. The molecule has 1 amide bonds. The number of hydrogen-bond acceptors (Lipinski definition) is 5. The van der Waals surface area contributed by atoms with Gasteiger partial charge in [-0.3, -0.25) is 4.79 Å². The standard InChI is InChI=1S/C16H12ClN5O2/c17-12-3-1-11(2-4-12)14-6-5-13(24-14)8-19-16(23)9-22-10-20-15(7-18)21-22/h1-6,10H,8-9H2,(H,19,23). The molecule has 0 atom stereocenters. The molecule has 120 valence electrons. The Bertz CT molecular complexity index is 892. The van der Waals surface area contributed by atoms with Crippen LogP contribution in [0, 0.1) is 11.3 Å². The molecule has 24 heavy (non-hydrogen) atoms. The SMILES string of the molecule is N#Cc1ncn(CC(=O)NCc2ccc(-c3ccc(Cl)cc3)o2)n1. The molecule has 0 fully saturated rings. The van der Waals surface area contributed by atoms with Crippen molar-refractivity contribution in [2.45, 2.75) is 13.1 Å². The maximum atomic E-state index is 11.9. The molecule has 2 heterocycles. The van der Waals surface area contributed by atoms with Gasteiger partial charge in [-0.25, -0.2) is 9.67 Å². The van der Waals surface area contributed by atoms with Crippen LogP contribution in [0.1, 0.15) is 11.6 Å². The fraction of sp³-hybridized carbons (Fsp3) is 0.125. The first-order chi connectivity index (χ1) is 11.6. The summed E-state index contributed by atoms with van der Waals surface area (Å²) in [6.45, 7) is 0.242. The van der Waals surface area contributed by atoms with Crippen molar-refractivity contribution in [2.24, 2.45) is 0 Å². The van der Waals surface area contributed by atoms with Crippen molar-refractivity contribution < 1.29 is 9.21 Å². The molecular weight excluding hydrogens is 330 g/mol. The molecule has 8 heteroatoms. The third-order valence-corrected chi connectivity index (χ3v) is 3.44. The molecule has 1 N–H and O–H groups in total. The number of furan rings is 1. The summed E-state index contributed by atoms with van der Waals surface area (Å²) in [6, 6.07) is 12.7. The van der Waals surface area contributed by atoms with Gasteiger partial charge in [0.1, 0.15) is 30.5 Å². The lowest BCUT2D eigenvalue weighted by atomic mass is 10.2. The van der Waals surface area contributed by atoms with E-state index in [1.54, 1.807) is 24.3 Å². The normalized spacial score (nSPS) is 10.3. The van der Waals surface area contributed by atoms with Crippen LogP contribution in [0.15, 0.2) is 47.1 Å². The highest BCUT2D eigenvalue weighted by atomic mass is 35.5. The molecule has 0 unspecified atom stereocenters. The van der Waals surface area contributed by atoms with E-state index < -0.39 is 0 Å². The van der Waals surface area contributed by atoms with Gasteiger partial charge in [0.15, 0.2) is 0 Å². The zero-order valence-electron chi connectivity index (χ0n) is 12.4. The van der Waals surface area contributed by atoms with Crippen LogP contribution < -0.4 is 5.32 Å². The molecule has 0 bridgehead atoms. The molecule has 0 radical (unpaired) electrons. The number of carbonyl (C=O) groups is 1. The zero-order chi connectivity index (χ0) is 16.9. The number of carbonyl (C=O) groups excluding carboxylic acids is 1. The van der Waals surface area contributed by atoms with Crippen molar-refractivity contribution >= 4 is 17.5 Å². The molecule has 3 aromatic rings. The average Bonchev–Trinajstić information content (AvgIpc) is 3.23. The summed E-state index contributed by atoms with van der Waals surface area (Å²) in [5.74, 6) is 1.10. The minimum Gasteiger partial charge on any atom is -0.459 e. The van der Waals surface area contributed by atoms with Gasteiger partial charge in [0, 0.05) is 10.6 Å². The first-order valence-corrected chi connectivity index (χ1v) is 7.43. The molecule has 2 aromatic heterocycles. The van der Waals surface area contributed by atoms with Crippen molar-refractivity contribution in [2.75, 3.05) is 0 Å². The summed E-state index contributed by atoms with van der Waals surface area (Å²) in [4.78, 5) is 15.6. The second-order valence-corrected chi connectivity index (χ2v) is 5.36. The Balaban J connectivity index is 1.56. The second kappa shape index (κ2) is 6.98. The van der Waals surface area contributed by atoms with Gasteiger partial charge in [-0.05, 0) is 36.4 Å². The van der Waals surface area contributed by atoms with E-state index in [0.29, 0.717) is 16.5 Å². The van der Waals surface area contributed by atoms with Crippen LogP contribution in [0.2, 0.25) is 5.02 Å². The summed E-state index contributed by atoms with van der Waals surface area (Å²) in [7, 11) is 0. The van der Waals surface area contributed by atoms with Crippen LogP contribution in [0.3, 0.4) is 0 Å². The third-order valence-electron chi connectivity index (χ3n) is 3.19. The molecule has 0 spiro atoms. The minimum absolute atomic E-state index is 0.0145. The van der Waals surface area contributed by atoms with E-state index in [1.807, 2.05) is 18.2 Å². The van der Waals surface area contributed by atoms with E-state index in [1.165, 1.54) is 11.0 Å². The van der Waals surface area contributed by atoms with E-state index >= 15 is 0 Å². The highest BCUT2D eigenvalue weighted by Gasteiger charge is 2.08. The van der Waals surface area contributed by atoms with Gasteiger partial charge in [-0.2, -0.15) is 5.26 Å². The summed E-state index contributed by atoms with van der Waals surface area (Å²) in [6.07, 6.45) is 1.34. The number of nitrogens with one attached hydrogen (secondary N) is 1. The Kier molecular flexibility index (Phi) is 4.59. The van der Waals surface area contributed by atoms with Crippen LogP contribution in [-0.4, -0.2) is 20.7 Å². The van der Waals surface area contributed by atoms with Crippen molar-refractivity contribution in [3.05, 3.63) is 59.3 Å². The summed E-state index contributed by atoms with van der Waals surface area (Å²) in [5, 5.41) is 15.8. The average molecular weight is 342 g/mol. The fourth-order valence-electron chi connectivity index (χ4n) is 2.05. The van der Waals surface area contributed by atoms with Gasteiger partial charge in [-0.1, -0.05) is 11.6 Å². The highest BCUT2D eigenvalue weighted by molar-refractivity contribution is 6.30. The number of amides is 1. The summed E-state index contributed by atoms with van der Waals surface area (Å²) >= 11 is 5.86. The third kappa shape index (κ3) is 3.80. The number of hydrogen-bond donors (Lipinski definition) is 1. The van der Waals surface area contributed by atoms with E-state index in [-0.39, 0.29) is 24.8 Å². The van der Waals surface area contributed by atoms with E-state index in [9.17, 15) is 4.79 Å². The molecule has 0 saturated carbocycles. The second-order valence-electron chi connectivity index (χ2n) is 4.93. The van der Waals surface area contributed by atoms with Crippen LogP contribution in [0.25, 0.3) is 11.3 Å². The fourth-order valence-corrected chi connectivity index (χ4v) is 2.18. The van der Waals surface area contributed by atoms with E-state index in [4.69, 9.17) is 21.3 Å². The van der Waals surface area contributed by atoms with Crippen molar-refractivity contribution in [3.8, 4) is 17.4 Å². The van der Waals surface area contributed by atoms with Gasteiger partial charge < -0.3 is 9.73 Å². The molecule has 0 aliphatic carbocycles. The van der Waals surface area contributed by atoms with Crippen LogP contribution in [0.5, 0.6) is 0 Å². The predicted molar refractivity (Wildman–Crippen MR) is 85.7 cm³/mol. The number of nitriles is 1. The van der Waals surface area contributed by atoms with Crippen LogP contribution in [-0.2, 0) is 17.9 Å². The van der Waals surface area contributed by atoms with Gasteiger partial charge in [0.25, 0.3) is 5.82 Å². The van der Waals surface area contributed by atoms with Crippen molar-refractivity contribution in [1.82, 2.24) is 20.1 Å². The van der Waals surface area contributed by atoms with Gasteiger partial charge >= 0.3 is 0 Å². The maximum absolute atomic E-state index is 11.9.